The molecule has 0 radical (unpaired) electrons. The molecule has 1 rings (SSSR count). The van der Waals surface area contributed by atoms with Gasteiger partial charge in [0.2, 0.25) is 0 Å². The highest BCUT2D eigenvalue weighted by Gasteiger charge is 2.43. The van der Waals surface area contributed by atoms with Crippen molar-refractivity contribution in [2.75, 3.05) is 13.2 Å². The molecule has 1 saturated heterocycles. The molecule has 0 saturated carbocycles. The third-order valence-electron chi connectivity index (χ3n) is 3.34. The van der Waals surface area contributed by atoms with Gasteiger partial charge in [0.05, 0.1) is 13.2 Å². The van der Waals surface area contributed by atoms with Crippen molar-refractivity contribution in [3.05, 3.63) is 0 Å². The van der Waals surface area contributed by atoms with Crippen molar-refractivity contribution in [3.8, 4) is 0 Å². The van der Waals surface area contributed by atoms with Crippen molar-refractivity contribution in [1.29, 1.82) is 0 Å². The molecule has 118 valence electrons. The summed E-state index contributed by atoms with van der Waals surface area (Å²) in [6, 6.07) is 0. The lowest BCUT2D eigenvalue weighted by Crippen LogP contribution is -2.58. The Hall–Kier alpha value is -0.730. The third-order valence-corrected chi connectivity index (χ3v) is 3.34. The second-order valence-electron chi connectivity index (χ2n) is 5.02. The van der Waals surface area contributed by atoms with Crippen molar-refractivity contribution in [2.24, 2.45) is 0 Å². The fourth-order valence-corrected chi connectivity index (χ4v) is 2.03. The first kappa shape index (κ1) is 17.3. The van der Waals surface area contributed by atoms with Gasteiger partial charge in [0.25, 0.3) is 0 Å². The molecule has 1 aliphatic rings. The number of hydrogen-bond acceptors (Lipinski definition) is 7. The van der Waals surface area contributed by atoms with Crippen molar-refractivity contribution in [1.82, 2.24) is 0 Å². The molecule has 0 spiro atoms. The smallest absolute Gasteiger partial charge is 0.337 e. The molecule has 1 fully saturated rings. The van der Waals surface area contributed by atoms with E-state index in [2.05, 4.69) is 6.92 Å². The van der Waals surface area contributed by atoms with Gasteiger partial charge in [-0.3, -0.25) is 0 Å². The molecule has 0 aromatic carbocycles. The van der Waals surface area contributed by atoms with Crippen LogP contribution in [0.4, 0.5) is 0 Å². The quantitative estimate of drug-likeness (QED) is 0.349. The lowest BCUT2D eigenvalue weighted by molar-refractivity contribution is -0.217. The fraction of sp³-hybridized carbons (Fsp3) is 0.923. The number of ether oxygens (including phenoxy) is 2. The average Bonchev–Trinajstić information content (AvgIpc) is 2.44. The van der Waals surface area contributed by atoms with Gasteiger partial charge in [0, 0.05) is 0 Å². The Kier molecular flexibility index (Phi) is 7.39. The van der Waals surface area contributed by atoms with Crippen LogP contribution in [0.3, 0.4) is 0 Å². The first-order chi connectivity index (χ1) is 9.49. The zero-order chi connectivity index (χ0) is 15.1. The standard InChI is InChI=1S/C13H24O7/c1-2-3-4-5-6-19-13(18)11(17)12-10(16)9(15)8(14)7-20-12/h8-12,14-17H,2-7H2,1H3/t8-,9+,10-,11?,12?/m1/s1. The van der Waals surface area contributed by atoms with Crippen LogP contribution in [0.25, 0.3) is 0 Å². The first-order valence-corrected chi connectivity index (χ1v) is 6.99. The molecule has 1 aliphatic heterocycles. The lowest BCUT2D eigenvalue weighted by atomic mass is 9.96. The topological polar surface area (TPSA) is 116 Å². The van der Waals surface area contributed by atoms with E-state index in [0.29, 0.717) is 6.42 Å². The lowest BCUT2D eigenvalue weighted by Gasteiger charge is -2.36. The normalized spacial score (nSPS) is 31.9. The van der Waals surface area contributed by atoms with E-state index < -0.39 is 36.5 Å². The SMILES string of the molecule is CCCCCCOC(=O)C(O)C1OC[C@@H](O)[C@H](O)[C@H]1O. The number of aliphatic hydroxyl groups excluding tert-OH is 4. The van der Waals surface area contributed by atoms with Crippen LogP contribution in [-0.2, 0) is 14.3 Å². The largest absolute Gasteiger partial charge is 0.464 e. The summed E-state index contributed by atoms with van der Waals surface area (Å²) in [7, 11) is 0. The molecule has 0 aromatic heterocycles. The number of rotatable bonds is 7. The number of carbonyl (C=O) groups excluding carboxylic acids is 1. The zero-order valence-corrected chi connectivity index (χ0v) is 11.6. The summed E-state index contributed by atoms with van der Waals surface area (Å²) in [5.74, 6) is -0.894. The third kappa shape index (κ3) is 4.68. The van der Waals surface area contributed by atoms with Crippen LogP contribution < -0.4 is 0 Å². The zero-order valence-electron chi connectivity index (χ0n) is 11.6. The molecule has 4 N–H and O–H groups in total. The van der Waals surface area contributed by atoms with Gasteiger partial charge in [-0.15, -0.1) is 0 Å². The highest BCUT2D eigenvalue weighted by atomic mass is 16.6. The molecule has 1 heterocycles. The Bertz CT molecular complexity index is 296. The number of unbranched alkanes of at least 4 members (excludes halogenated alkanes) is 3. The van der Waals surface area contributed by atoms with E-state index in [4.69, 9.17) is 9.47 Å². The van der Waals surface area contributed by atoms with Crippen LogP contribution in [0.1, 0.15) is 32.6 Å². The Balaban J connectivity index is 2.36. The van der Waals surface area contributed by atoms with Gasteiger partial charge in [-0.1, -0.05) is 26.2 Å². The Morgan fingerprint density at radius 1 is 1.25 bits per heavy atom. The average molecular weight is 292 g/mol. The molecule has 20 heavy (non-hydrogen) atoms. The minimum atomic E-state index is -1.68. The molecule has 0 amide bonds. The predicted molar refractivity (Wildman–Crippen MR) is 68.9 cm³/mol. The maximum Gasteiger partial charge on any atom is 0.337 e. The Morgan fingerprint density at radius 2 is 1.95 bits per heavy atom. The highest BCUT2D eigenvalue weighted by molar-refractivity contribution is 5.75. The summed E-state index contributed by atoms with van der Waals surface area (Å²) < 4.78 is 9.88. The second kappa shape index (κ2) is 8.53. The van der Waals surface area contributed by atoms with Crippen molar-refractivity contribution >= 4 is 5.97 Å². The number of esters is 1. The minimum Gasteiger partial charge on any atom is -0.464 e. The van der Waals surface area contributed by atoms with Crippen LogP contribution in [0.2, 0.25) is 0 Å². The van der Waals surface area contributed by atoms with E-state index in [-0.39, 0.29) is 13.2 Å². The predicted octanol–water partition coefficient (Wildman–Crippen LogP) is -1.05. The maximum atomic E-state index is 11.6. The molecule has 5 atom stereocenters. The number of carbonyl (C=O) groups is 1. The Labute approximate surface area is 118 Å². The summed E-state index contributed by atoms with van der Waals surface area (Å²) in [6.07, 6.45) is -3.45. The fourth-order valence-electron chi connectivity index (χ4n) is 2.03. The van der Waals surface area contributed by atoms with Crippen LogP contribution in [0, 0.1) is 0 Å². The van der Waals surface area contributed by atoms with Crippen molar-refractivity contribution in [3.63, 3.8) is 0 Å². The monoisotopic (exact) mass is 292 g/mol. The molecule has 7 nitrogen and oxygen atoms in total. The summed E-state index contributed by atoms with van der Waals surface area (Å²) in [6.45, 7) is 2.00. The van der Waals surface area contributed by atoms with Gasteiger partial charge in [-0.2, -0.15) is 0 Å². The minimum absolute atomic E-state index is 0.198. The molecular weight excluding hydrogens is 268 g/mol. The highest BCUT2D eigenvalue weighted by Crippen LogP contribution is 2.19. The molecule has 0 aliphatic carbocycles. The molecule has 0 bridgehead atoms. The maximum absolute atomic E-state index is 11.6. The Morgan fingerprint density at radius 3 is 2.60 bits per heavy atom. The van der Waals surface area contributed by atoms with Gasteiger partial charge in [0.15, 0.2) is 6.10 Å². The van der Waals surface area contributed by atoms with Crippen molar-refractivity contribution in [2.45, 2.75) is 63.1 Å². The summed E-state index contributed by atoms with van der Waals surface area (Å²) in [5, 5.41) is 38.2. The van der Waals surface area contributed by atoms with Crippen LogP contribution in [0.15, 0.2) is 0 Å². The van der Waals surface area contributed by atoms with Gasteiger partial charge < -0.3 is 29.9 Å². The van der Waals surface area contributed by atoms with Crippen LogP contribution in [0.5, 0.6) is 0 Å². The van der Waals surface area contributed by atoms with E-state index in [1.54, 1.807) is 0 Å². The number of hydrogen-bond donors (Lipinski definition) is 4. The molecule has 2 unspecified atom stereocenters. The van der Waals surface area contributed by atoms with Gasteiger partial charge in [-0.05, 0) is 6.42 Å². The summed E-state index contributed by atoms with van der Waals surface area (Å²) in [5.41, 5.74) is 0. The summed E-state index contributed by atoms with van der Waals surface area (Å²) >= 11 is 0. The van der Waals surface area contributed by atoms with Crippen molar-refractivity contribution < 1.29 is 34.7 Å². The van der Waals surface area contributed by atoms with E-state index in [0.717, 1.165) is 19.3 Å². The molecule has 7 heteroatoms. The van der Waals surface area contributed by atoms with E-state index in [1.807, 2.05) is 0 Å². The molecular formula is C13H24O7. The molecule has 0 aromatic rings. The van der Waals surface area contributed by atoms with Crippen LogP contribution in [-0.4, -0.2) is 70.1 Å². The van der Waals surface area contributed by atoms with Gasteiger partial charge in [0.1, 0.15) is 24.4 Å². The van der Waals surface area contributed by atoms with Crippen LogP contribution >= 0.6 is 0 Å². The van der Waals surface area contributed by atoms with E-state index >= 15 is 0 Å². The number of aliphatic hydroxyl groups is 4. The van der Waals surface area contributed by atoms with Gasteiger partial charge >= 0.3 is 5.97 Å². The van der Waals surface area contributed by atoms with E-state index in [1.165, 1.54) is 0 Å². The van der Waals surface area contributed by atoms with E-state index in [9.17, 15) is 25.2 Å². The second-order valence-corrected chi connectivity index (χ2v) is 5.02. The first-order valence-electron chi connectivity index (χ1n) is 6.99. The van der Waals surface area contributed by atoms with Gasteiger partial charge in [-0.25, -0.2) is 4.79 Å². The summed E-state index contributed by atoms with van der Waals surface area (Å²) in [4.78, 5) is 11.6.